The van der Waals surface area contributed by atoms with Crippen molar-refractivity contribution < 1.29 is 0 Å². The Morgan fingerprint density at radius 2 is 1.47 bits per heavy atom. The van der Waals surface area contributed by atoms with Gasteiger partial charge in [-0.15, -0.1) is 0 Å². The smallest absolute Gasteiger partial charge is 0.132 e. The van der Waals surface area contributed by atoms with Gasteiger partial charge in [0.1, 0.15) is 5.84 Å². The maximum Gasteiger partial charge on any atom is 0.132 e. The molecule has 0 bridgehead atoms. The summed E-state index contributed by atoms with van der Waals surface area (Å²) < 4.78 is 0. The average molecular weight is 208 g/mol. The van der Waals surface area contributed by atoms with Gasteiger partial charge in [-0.3, -0.25) is 0 Å². The molecule has 15 heavy (non-hydrogen) atoms. The van der Waals surface area contributed by atoms with Gasteiger partial charge in [0.05, 0.1) is 0 Å². The maximum absolute atomic E-state index is 4.41. The van der Waals surface area contributed by atoms with Crippen molar-refractivity contribution in [1.82, 2.24) is 0 Å². The minimum atomic E-state index is -0.0452. The Labute approximate surface area is 94.2 Å². The first kappa shape index (κ1) is 14.1. The van der Waals surface area contributed by atoms with E-state index < -0.39 is 0 Å². The quantitative estimate of drug-likeness (QED) is 0.458. The highest BCUT2D eigenvalue weighted by Gasteiger charge is 2.17. The second kappa shape index (κ2) is 4.73. The number of nitrogens with zero attached hydrogens (tertiary/aromatic N) is 2. The standard InChI is InChI=1S/C13H24N2/c1-10(12(2,3)4)9-15-11(14-8)13(5,6)7/h9H,8H2,1-7H3/b10-9+,15-11-. The fourth-order valence-corrected chi connectivity index (χ4v) is 0.823. The lowest BCUT2D eigenvalue weighted by atomic mass is 9.88. The first-order chi connectivity index (χ1) is 6.59. The Bertz CT molecular complexity index is 283. The Morgan fingerprint density at radius 1 is 1.00 bits per heavy atom. The molecule has 0 amide bonds. The van der Waals surface area contributed by atoms with Gasteiger partial charge in [0.25, 0.3) is 0 Å². The van der Waals surface area contributed by atoms with Crippen LogP contribution in [0.25, 0.3) is 0 Å². The molecule has 0 radical (unpaired) electrons. The van der Waals surface area contributed by atoms with E-state index in [-0.39, 0.29) is 10.8 Å². The minimum absolute atomic E-state index is 0.0452. The monoisotopic (exact) mass is 208 g/mol. The first-order valence-electron chi connectivity index (χ1n) is 5.31. The summed E-state index contributed by atoms with van der Waals surface area (Å²) >= 11 is 0. The summed E-state index contributed by atoms with van der Waals surface area (Å²) in [6, 6.07) is 0. The Kier molecular flexibility index (Phi) is 4.44. The van der Waals surface area contributed by atoms with Gasteiger partial charge in [0.2, 0.25) is 0 Å². The van der Waals surface area contributed by atoms with Gasteiger partial charge < -0.3 is 0 Å². The third kappa shape index (κ3) is 4.91. The zero-order valence-electron chi connectivity index (χ0n) is 11.2. The van der Waals surface area contributed by atoms with Crippen LogP contribution in [0.4, 0.5) is 0 Å². The van der Waals surface area contributed by atoms with Crippen LogP contribution in [-0.2, 0) is 0 Å². The zero-order chi connectivity index (χ0) is 12.3. The molecule has 0 fully saturated rings. The highest BCUT2D eigenvalue weighted by Crippen LogP contribution is 2.25. The molecule has 86 valence electrons. The molecule has 0 aliphatic carbocycles. The molecule has 0 aromatic heterocycles. The van der Waals surface area contributed by atoms with Gasteiger partial charge in [0, 0.05) is 11.6 Å². The van der Waals surface area contributed by atoms with E-state index in [4.69, 9.17) is 0 Å². The molecular formula is C13H24N2. The second-order valence-corrected chi connectivity index (χ2v) is 5.92. The Morgan fingerprint density at radius 3 is 1.73 bits per heavy atom. The summed E-state index contributed by atoms with van der Waals surface area (Å²) in [4.78, 5) is 8.37. The normalized spacial score (nSPS) is 15.4. The summed E-state index contributed by atoms with van der Waals surface area (Å²) in [5.74, 6) is 0.783. The Balaban J connectivity index is 4.99. The topological polar surface area (TPSA) is 24.7 Å². The number of amidine groups is 1. The van der Waals surface area contributed by atoms with E-state index in [1.54, 1.807) is 0 Å². The summed E-state index contributed by atoms with van der Waals surface area (Å²) in [6.45, 7) is 18.4. The van der Waals surface area contributed by atoms with E-state index in [2.05, 4.69) is 65.2 Å². The number of aliphatic imine (C=N–C) groups is 2. The van der Waals surface area contributed by atoms with Crippen LogP contribution in [0.2, 0.25) is 0 Å². The largest absolute Gasteiger partial charge is 0.249 e. The summed E-state index contributed by atoms with van der Waals surface area (Å²) in [6.07, 6.45) is 1.90. The zero-order valence-corrected chi connectivity index (χ0v) is 11.2. The fourth-order valence-electron chi connectivity index (χ4n) is 0.823. The Hall–Kier alpha value is -0.920. The molecule has 0 heterocycles. The van der Waals surface area contributed by atoms with Crippen molar-refractivity contribution in [3.8, 4) is 0 Å². The number of hydrogen-bond acceptors (Lipinski definition) is 1. The first-order valence-corrected chi connectivity index (χ1v) is 5.31. The molecule has 0 saturated heterocycles. The minimum Gasteiger partial charge on any atom is -0.249 e. The van der Waals surface area contributed by atoms with Crippen molar-refractivity contribution in [2.45, 2.75) is 48.5 Å². The van der Waals surface area contributed by atoms with Gasteiger partial charge in [-0.25, -0.2) is 9.98 Å². The molecule has 0 unspecified atom stereocenters. The van der Waals surface area contributed by atoms with Gasteiger partial charge in [-0.05, 0) is 24.6 Å². The van der Waals surface area contributed by atoms with E-state index in [9.17, 15) is 0 Å². The van der Waals surface area contributed by atoms with Crippen molar-refractivity contribution in [3.63, 3.8) is 0 Å². The molecule has 0 aromatic rings. The van der Waals surface area contributed by atoms with Crippen molar-refractivity contribution >= 4 is 12.6 Å². The molecule has 2 heteroatoms. The SMILES string of the molecule is C=N/C(=N\C=C(/C)C(C)(C)C)C(C)(C)C. The van der Waals surface area contributed by atoms with Gasteiger partial charge in [0.15, 0.2) is 0 Å². The molecule has 0 aliphatic heterocycles. The molecule has 0 spiro atoms. The molecule has 0 rings (SSSR count). The van der Waals surface area contributed by atoms with Gasteiger partial charge in [-0.1, -0.05) is 41.5 Å². The summed E-state index contributed by atoms with van der Waals surface area (Å²) in [5, 5.41) is 0. The lowest BCUT2D eigenvalue weighted by Gasteiger charge is -2.20. The fraction of sp³-hybridized carbons (Fsp3) is 0.692. The van der Waals surface area contributed by atoms with Crippen molar-refractivity contribution in [2.75, 3.05) is 0 Å². The highest BCUT2D eigenvalue weighted by molar-refractivity contribution is 5.91. The molecule has 0 aliphatic rings. The third-order valence-corrected chi connectivity index (χ3v) is 2.38. The molecular weight excluding hydrogens is 184 g/mol. The molecule has 0 saturated carbocycles. The molecule has 0 aromatic carbocycles. The van der Waals surface area contributed by atoms with Gasteiger partial charge >= 0.3 is 0 Å². The van der Waals surface area contributed by atoms with Crippen LogP contribution in [-0.4, -0.2) is 12.6 Å². The van der Waals surface area contributed by atoms with Gasteiger partial charge in [-0.2, -0.15) is 0 Å². The van der Waals surface area contributed by atoms with Crippen LogP contribution in [0.15, 0.2) is 21.8 Å². The molecule has 2 nitrogen and oxygen atoms in total. The van der Waals surface area contributed by atoms with E-state index >= 15 is 0 Å². The predicted molar refractivity (Wildman–Crippen MR) is 69.7 cm³/mol. The van der Waals surface area contributed by atoms with Crippen LogP contribution < -0.4 is 0 Å². The van der Waals surface area contributed by atoms with E-state index in [0.717, 1.165) is 5.84 Å². The van der Waals surface area contributed by atoms with Crippen LogP contribution in [0.1, 0.15) is 48.5 Å². The van der Waals surface area contributed by atoms with E-state index in [1.165, 1.54) is 5.57 Å². The van der Waals surface area contributed by atoms with Crippen LogP contribution in [0.5, 0.6) is 0 Å². The number of rotatable bonds is 1. The van der Waals surface area contributed by atoms with Crippen molar-refractivity contribution in [2.24, 2.45) is 20.8 Å². The molecule has 0 N–H and O–H groups in total. The maximum atomic E-state index is 4.41. The lowest BCUT2D eigenvalue weighted by Crippen LogP contribution is -2.17. The number of allylic oxidation sites excluding steroid dienone is 1. The number of hydrogen-bond donors (Lipinski definition) is 0. The van der Waals surface area contributed by atoms with Crippen molar-refractivity contribution in [1.29, 1.82) is 0 Å². The third-order valence-electron chi connectivity index (χ3n) is 2.38. The predicted octanol–water partition coefficient (Wildman–Crippen LogP) is 4.08. The summed E-state index contributed by atoms with van der Waals surface area (Å²) in [5.41, 5.74) is 1.36. The van der Waals surface area contributed by atoms with Crippen LogP contribution >= 0.6 is 0 Å². The van der Waals surface area contributed by atoms with Crippen LogP contribution in [0.3, 0.4) is 0 Å². The van der Waals surface area contributed by atoms with Crippen molar-refractivity contribution in [3.05, 3.63) is 11.8 Å². The van der Waals surface area contributed by atoms with E-state index in [1.807, 2.05) is 6.20 Å². The highest BCUT2D eigenvalue weighted by atomic mass is 14.9. The average Bonchev–Trinajstić information content (AvgIpc) is 2.00. The molecule has 0 atom stereocenters. The van der Waals surface area contributed by atoms with E-state index in [0.29, 0.717) is 0 Å². The van der Waals surface area contributed by atoms with Crippen LogP contribution in [0, 0.1) is 10.8 Å². The second-order valence-electron chi connectivity index (χ2n) is 5.92. The lowest BCUT2D eigenvalue weighted by molar-refractivity contribution is 0.502. The summed E-state index contributed by atoms with van der Waals surface area (Å²) in [7, 11) is 0.